The molecule has 0 atom stereocenters. The van der Waals surface area contributed by atoms with Crippen LogP contribution < -0.4 is 9.47 Å². The molecular weight excluding hydrogens is 248 g/mol. The zero-order valence-electron chi connectivity index (χ0n) is 13.4. The normalized spacial score (nSPS) is 10.6. The molecule has 0 heterocycles. The van der Waals surface area contributed by atoms with Crippen molar-refractivity contribution >= 4 is 0 Å². The molecule has 0 spiro atoms. The average Bonchev–Trinajstić information content (AvgIpc) is 2.48. The first-order chi connectivity index (χ1) is 9.83. The van der Waals surface area contributed by atoms with Gasteiger partial charge in [0.1, 0.15) is 11.5 Å². The number of hydrogen-bond acceptors (Lipinski definition) is 2. The largest absolute Gasteiger partial charge is 0.493 e. The fourth-order valence-electron chi connectivity index (χ4n) is 2.23. The number of hydrogen-bond donors (Lipinski definition) is 0. The Morgan fingerprint density at radius 1 is 0.750 bits per heavy atom. The molecule has 1 aromatic carbocycles. The number of ether oxygens (including phenoxy) is 2. The lowest BCUT2D eigenvalue weighted by Gasteiger charge is -2.15. The molecule has 0 aromatic heterocycles. The molecule has 0 aliphatic carbocycles. The van der Waals surface area contributed by atoms with Crippen molar-refractivity contribution < 1.29 is 9.47 Å². The Bertz CT molecular complexity index is 330. The Labute approximate surface area is 124 Å². The summed E-state index contributed by atoms with van der Waals surface area (Å²) in [7, 11) is 0. The van der Waals surface area contributed by atoms with Gasteiger partial charge in [0.25, 0.3) is 0 Å². The van der Waals surface area contributed by atoms with Gasteiger partial charge >= 0.3 is 0 Å². The fraction of sp³-hybridized carbons (Fsp3) is 0.667. The van der Waals surface area contributed by atoms with Crippen LogP contribution in [0.15, 0.2) is 18.2 Å². The zero-order valence-corrected chi connectivity index (χ0v) is 13.4. The van der Waals surface area contributed by atoms with Crippen LogP contribution in [0.5, 0.6) is 11.5 Å². The Kier molecular flexibility index (Phi) is 8.93. The standard InChI is InChI=1S/C18H30O2/c1-4-7-9-14-19-17-12-11-13-18(16(17)6-3)20-15-10-8-5-2/h11-13H,4-10,14-15H2,1-3H3. The van der Waals surface area contributed by atoms with Crippen LogP contribution in [0.1, 0.15) is 64.9 Å². The summed E-state index contributed by atoms with van der Waals surface area (Å²) in [6.45, 7) is 8.19. The predicted molar refractivity (Wildman–Crippen MR) is 85.9 cm³/mol. The summed E-state index contributed by atoms with van der Waals surface area (Å²) in [4.78, 5) is 0. The van der Waals surface area contributed by atoms with Gasteiger partial charge in [0, 0.05) is 5.56 Å². The van der Waals surface area contributed by atoms with E-state index in [0.717, 1.165) is 44.0 Å². The van der Waals surface area contributed by atoms with Crippen molar-refractivity contribution in [3.63, 3.8) is 0 Å². The molecule has 1 aromatic rings. The lowest BCUT2D eigenvalue weighted by atomic mass is 10.1. The molecule has 20 heavy (non-hydrogen) atoms. The van der Waals surface area contributed by atoms with Crippen LogP contribution in [0.3, 0.4) is 0 Å². The van der Waals surface area contributed by atoms with E-state index in [2.05, 4.69) is 32.9 Å². The van der Waals surface area contributed by atoms with Gasteiger partial charge in [-0.05, 0) is 31.4 Å². The summed E-state index contributed by atoms with van der Waals surface area (Å²) in [5.74, 6) is 1.99. The van der Waals surface area contributed by atoms with Gasteiger partial charge < -0.3 is 9.47 Å². The molecule has 0 amide bonds. The average molecular weight is 278 g/mol. The second kappa shape index (κ2) is 10.6. The highest BCUT2D eigenvalue weighted by Gasteiger charge is 2.08. The second-order valence-electron chi connectivity index (χ2n) is 5.20. The van der Waals surface area contributed by atoms with Gasteiger partial charge in [-0.1, -0.05) is 52.5 Å². The molecule has 0 N–H and O–H groups in total. The van der Waals surface area contributed by atoms with Gasteiger partial charge in [0.05, 0.1) is 13.2 Å². The molecule has 0 unspecified atom stereocenters. The van der Waals surface area contributed by atoms with Crippen molar-refractivity contribution in [3.8, 4) is 11.5 Å². The molecule has 0 radical (unpaired) electrons. The summed E-state index contributed by atoms with van der Waals surface area (Å²) >= 11 is 0. The highest BCUT2D eigenvalue weighted by Crippen LogP contribution is 2.29. The van der Waals surface area contributed by atoms with E-state index in [-0.39, 0.29) is 0 Å². The molecule has 114 valence electrons. The van der Waals surface area contributed by atoms with Gasteiger partial charge in [-0.25, -0.2) is 0 Å². The van der Waals surface area contributed by atoms with E-state index >= 15 is 0 Å². The second-order valence-corrected chi connectivity index (χ2v) is 5.20. The van der Waals surface area contributed by atoms with Crippen molar-refractivity contribution in [1.29, 1.82) is 0 Å². The van der Waals surface area contributed by atoms with Crippen molar-refractivity contribution in [2.24, 2.45) is 0 Å². The van der Waals surface area contributed by atoms with E-state index in [1.165, 1.54) is 31.2 Å². The Balaban J connectivity index is 2.56. The van der Waals surface area contributed by atoms with Crippen molar-refractivity contribution in [2.45, 2.75) is 65.7 Å². The lowest BCUT2D eigenvalue weighted by Crippen LogP contribution is -2.04. The first-order valence-corrected chi connectivity index (χ1v) is 8.20. The van der Waals surface area contributed by atoms with Gasteiger partial charge in [-0.15, -0.1) is 0 Å². The molecule has 0 aliphatic heterocycles. The van der Waals surface area contributed by atoms with Crippen molar-refractivity contribution in [3.05, 3.63) is 23.8 Å². The van der Waals surface area contributed by atoms with Gasteiger partial charge in [0.15, 0.2) is 0 Å². The lowest BCUT2D eigenvalue weighted by molar-refractivity contribution is 0.286. The molecule has 2 heteroatoms. The molecule has 0 aliphatic rings. The zero-order chi connectivity index (χ0) is 14.6. The van der Waals surface area contributed by atoms with Crippen LogP contribution in [0, 0.1) is 0 Å². The minimum atomic E-state index is 0.806. The first-order valence-electron chi connectivity index (χ1n) is 8.20. The SMILES string of the molecule is CCCCCOc1cccc(OCCCCC)c1CC. The highest BCUT2D eigenvalue weighted by atomic mass is 16.5. The third-order valence-corrected chi connectivity index (χ3v) is 3.45. The molecule has 2 nitrogen and oxygen atoms in total. The van der Waals surface area contributed by atoms with Crippen LogP contribution in [0.4, 0.5) is 0 Å². The van der Waals surface area contributed by atoms with Crippen LogP contribution in [0.25, 0.3) is 0 Å². The molecule has 0 saturated carbocycles. The third kappa shape index (κ3) is 5.85. The van der Waals surface area contributed by atoms with Crippen LogP contribution in [-0.4, -0.2) is 13.2 Å². The number of rotatable bonds is 11. The third-order valence-electron chi connectivity index (χ3n) is 3.45. The summed E-state index contributed by atoms with van der Waals surface area (Å²) in [6.07, 6.45) is 8.12. The smallest absolute Gasteiger partial charge is 0.126 e. The van der Waals surface area contributed by atoms with E-state index in [9.17, 15) is 0 Å². The maximum Gasteiger partial charge on any atom is 0.126 e. The summed E-state index contributed by atoms with van der Waals surface area (Å²) in [5, 5.41) is 0. The Morgan fingerprint density at radius 2 is 1.25 bits per heavy atom. The van der Waals surface area contributed by atoms with Crippen LogP contribution in [0.2, 0.25) is 0 Å². The molecule has 0 bridgehead atoms. The number of benzene rings is 1. The van der Waals surface area contributed by atoms with E-state index in [1.54, 1.807) is 0 Å². The van der Waals surface area contributed by atoms with Gasteiger partial charge in [0.2, 0.25) is 0 Å². The molecule has 0 fully saturated rings. The highest BCUT2D eigenvalue weighted by molar-refractivity contribution is 5.44. The molecular formula is C18H30O2. The monoisotopic (exact) mass is 278 g/mol. The predicted octanol–water partition coefficient (Wildman–Crippen LogP) is 5.39. The van der Waals surface area contributed by atoms with Crippen molar-refractivity contribution in [1.82, 2.24) is 0 Å². The van der Waals surface area contributed by atoms with E-state index in [4.69, 9.17) is 9.47 Å². The van der Waals surface area contributed by atoms with Crippen molar-refractivity contribution in [2.75, 3.05) is 13.2 Å². The van der Waals surface area contributed by atoms with E-state index < -0.39 is 0 Å². The minimum absolute atomic E-state index is 0.806. The number of unbranched alkanes of at least 4 members (excludes halogenated alkanes) is 4. The maximum absolute atomic E-state index is 5.92. The Morgan fingerprint density at radius 3 is 1.65 bits per heavy atom. The first kappa shape index (κ1) is 16.9. The summed E-state index contributed by atoms with van der Waals surface area (Å²) in [6, 6.07) is 6.15. The summed E-state index contributed by atoms with van der Waals surface area (Å²) < 4.78 is 11.8. The van der Waals surface area contributed by atoms with Crippen LogP contribution >= 0.6 is 0 Å². The summed E-state index contributed by atoms with van der Waals surface area (Å²) in [5.41, 5.74) is 1.21. The topological polar surface area (TPSA) is 18.5 Å². The quantitative estimate of drug-likeness (QED) is 0.505. The van der Waals surface area contributed by atoms with Gasteiger partial charge in [-0.3, -0.25) is 0 Å². The van der Waals surface area contributed by atoms with E-state index in [0.29, 0.717) is 0 Å². The van der Waals surface area contributed by atoms with E-state index in [1.807, 2.05) is 6.07 Å². The maximum atomic E-state index is 5.92. The fourth-order valence-corrected chi connectivity index (χ4v) is 2.23. The molecule has 1 rings (SSSR count). The minimum Gasteiger partial charge on any atom is -0.493 e. The van der Waals surface area contributed by atoms with Gasteiger partial charge in [-0.2, -0.15) is 0 Å². The van der Waals surface area contributed by atoms with Crippen LogP contribution in [-0.2, 0) is 6.42 Å². The molecule has 0 saturated heterocycles. The Hall–Kier alpha value is -1.18.